The molecule has 1 heterocycles. The third kappa shape index (κ3) is 3.28. The fourth-order valence-electron chi connectivity index (χ4n) is 2.65. The molecule has 0 aliphatic heterocycles. The SMILES string of the molecule is C[NH+](Cc1ccsc1)Cc1c(O)ccc2cc(Br)ccc12. The van der Waals surface area contributed by atoms with Crippen LogP contribution in [0.5, 0.6) is 5.75 Å². The lowest BCUT2D eigenvalue weighted by molar-refractivity contribution is -0.907. The Labute approximate surface area is 136 Å². The van der Waals surface area contributed by atoms with Crippen LogP contribution in [0.2, 0.25) is 0 Å². The monoisotopic (exact) mass is 362 g/mol. The smallest absolute Gasteiger partial charge is 0.125 e. The van der Waals surface area contributed by atoms with E-state index < -0.39 is 0 Å². The molecule has 0 radical (unpaired) electrons. The fourth-order valence-corrected chi connectivity index (χ4v) is 3.69. The van der Waals surface area contributed by atoms with Crippen LogP contribution >= 0.6 is 27.3 Å². The molecule has 0 bridgehead atoms. The molecule has 0 aliphatic carbocycles. The van der Waals surface area contributed by atoms with E-state index in [0.717, 1.165) is 33.9 Å². The van der Waals surface area contributed by atoms with E-state index in [2.05, 4.69) is 51.9 Å². The first-order valence-corrected chi connectivity index (χ1v) is 8.59. The predicted molar refractivity (Wildman–Crippen MR) is 91.9 cm³/mol. The van der Waals surface area contributed by atoms with Crippen molar-refractivity contribution in [2.45, 2.75) is 13.1 Å². The molecule has 3 rings (SSSR count). The highest BCUT2D eigenvalue weighted by Gasteiger charge is 2.13. The Morgan fingerprint density at radius 2 is 2.00 bits per heavy atom. The van der Waals surface area contributed by atoms with Gasteiger partial charge in [0.25, 0.3) is 0 Å². The topological polar surface area (TPSA) is 24.7 Å². The standard InChI is InChI=1S/C17H16BrNOS/c1-19(9-12-6-7-21-11-12)10-16-15-4-3-14(18)8-13(15)2-5-17(16)20/h2-8,11,20H,9-10H2,1H3/p+1. The Hall–Kier alpha value is -1.36. The van der Waals surface area contributed by atoms with E-state index in [1.54, 1.807) is 17.4 Å². The van der Waals surface area contributed by atoms with Crippen molar-refractivity contribution in [3.8, 4) is 5.75 Å². The molecule has 2 N–H and O–H groups in total. The molecule has 0 aliphatic rings. The molecular weight excluding hydrogens is 346 g/mol. The Balaban J connectivity index is 1.90. The number of thiophene rings is 1. The molecular formula is C17H17BrNOS+. The van der Waals surface area contributed by atoms with Gasteiger partial charge in [-0.05, 0) is 45.8 Å². The molecule has 21 heavy (non-hydrogen) atoms. The van der Waals surface area contributed by atoms with Crippen LogP contribution in [0, 0.1) is 0 Å². The van der Waals surface area contributed by atoms with Gasteiger partial charge in [0.15, 0.2) is 0 Å². The van der Waals surface area contributed by atoms with E-state index in [9.17, 15) is 5.11 Å². The Kier molecular flexibility index (Phi) is 4.29. The summed E-state index contributed by atoms with van der Waals surface area (Å²) >= 11 is 5.23. The highest BCUT2D eigenvalue weighted by Crippen LogP contribution is 2.28. The van der Waals surface area contributed by atoms with E-state index in [1.807, 2.05) is 12.1 Å². The van der Waals surface area contributed by atoms with E-state index in [-0.39, 0.29) is 0 Å². The van der Waals surface area contributed by atoms with Gasteiger partial charge in [0.05, 0.1) is 12.6 Å². The minimum atomic E-state index is 0.384. The maximum Gasteiger partial charge on any atom is 0.125 e. The van der Waals surface area contributed by atoms with Gasteiger partial charge in [-0.25, -0.2) is 0 Å². The number of hydrogen-bond acceptors (Lipinski definition) is 2. The zero-order valence-corrected chi connectivity index (χ0v) is 14.2. The summed E-state index contributed by atoms with van der Waals surface area (Å²) < 4.78 is 1.06. The molecule has 4 heteroatoms. The first-order chi connectivity index (χ1) is 10.1. The van der Waals surface area contributed by atoms with E-state index >= 15 is 0 Å². The van der Waals surface area contributed by atoms with Gasteiger partial charge in [-0.1, -0.05) is 28.1 Å². The first-order valence-electron chi connectivity index (χ1n) is 6.86. The van der Waals surface area contributed by atoms with E-state index in [4.69, 9.17) is 0 Å². The van der Waals surface area contributed by atoms with Crippen molar-refractivity contribution in [1.29, 1.82) is 0 Å². The summed E-state index contributed by atoms with van der Waals surface area (Å²) in [6.45, 7) is 1.77. The molecule has 3 aromatic rings. The number of fused-ring (bicyclic) bond motifs is 1. The summed E-state index contributed by atoms with van der Waals surface area (Å²) in [5.41, 5.74) is 2.37. The van der Waals surface area contributed by atoms with Crippen LogP contribution in [0.3, 0.4) is 0 Å². The number of phenols is 1. The molecule has 2 aromatic carbocycles. The van der Waals surface area contributed by atoms with Gasteiger partial charge in [-0.2, -0.15) is 11.3 Å². The Morgan fingerprint density at radius 1 is 1.14 bits per heavy atom. The molecule has 108 valence electrons. The minimum absolute atomic E-state index is 0.384. The highest BCUT2D eigenvalue weighted by molar-refractivity contribution is 9.10. The van der Waals surface area contributed by atoms with Gasteiger partial charge in [-0.15, -0.1) is 0 Å². The number of aromatic hydroxyl groups is 1. The third-order valence-electron chi connectivity index (χ3n) is 3.63. The highest BCUT2D eigenvalue weighted by atomic mass is 79.9. The second kappa shape index (κ2) is 6.18. The van der Waals surface area contributed by atoms with Crippen molar-refractivity contribution in [2.75, 3.05) is 7.05 Å². The van der Waals surface area contributed by atoms with Crippen LogP contribution in [0.15, 0.2) is 51.6 Å². The maximum absolute atomic E-state index is 10.2. The summed E-state index contributed by atoms with van der Waals surface area (Å²) in [4.78, 5) is 1.36. The minimum Gasteiger partial charge on any atom is -0.507 e. The number of halogens is 1. The zero-order valence-electron chi connectivity index (χ0n) is 11.8. The lowest BCUT2D eigenvalue weighted by Crippen LogP contribution is -3.06. The summed E-state index contributed by atoms with van der Waals surface area (Å²) in [5.74, 6) is 0.384. The van der Waals surface area contributed by atoms with Gasteiger partial charge in [0.1, 0.15) is 18.8 Å². The fraction of sp³-hybridized carbons (Fsp3) is 0.176. The molecule has 1 unspecified atom stereocenters. The van der Waals surface area contributed by atoms with Crippen molar-refractivity contribution >= 4 is 38.0 Å². The summed E-state index contributed by atoms with van der Waals surface area (Å²) in [6, 6.07) is 12.1. The van der Waals surface area contributed by atoms with Crippen molar-refractivity contribution in [1.82, 2.24) is 0 Å². The van der Waals surface area contributed by atoms with Crippen LogP contribution in [0.1, 0.15) is 11.1 Å². The molecule has 1 aromatic heterocycles. The largest absolute Gasteiger partial charge is 0.507 e. The van der Waals surface area contributed by atoms with Gasteiger partial charge in [-0.3, -0.25) is 0 Å². The molecule has 2 nitrogen and oxygen atoms in total. The molecule has 0 saturated carbocycles. The van der Waals surface area contributed by atoms with Gasteiger partial charge < -0.3 is 10.0 Å². The van der Waals surface area contributed by atoms with Crippen LogP contribution in [0.25, 0.3) is 10.8 Å². The predicted octanol–water partition coefficient (Wildman–Crippen LogP) is 3.58. The zero-order chi connectivity index (χ0) is 14.8. The summed E-state index contributed by atoms with van der Waals surface area (Å²) in [5, 5.41) is 16.8. The van der Waals surface area contributed by atoms with Crippen LogP contribution < -0.4 is 4.90 Å². The number of rotatable bonds is 4. The maximum atomic E-state index is 10.2. The van der Waals surface area contributed by atoms with Gasteiger partial charge >= 0.3 is 0 Å². The number of benzene rings is 2. The van der Waals surface area contributed by atoms with Crippen molar-refractivity contribution in [3.05, 3.63) is 62.8 Å². The molecule has 0 fully saturated rings. The third-order valence-corrected chi connectivity index (χ3v) is 4.86. The van der Waals surface area contributed by atoms with Crippen LogP contribution in [-0.4, -0.2) is 12.2 Å². The average Bonchev–Trinajstić information content (AvgIpc) is 2.95. The van der Waals surface area contributed by atoms with Crippen molar-refractivity contribution in [3.63, 3.8) is 0 Å². The van der Waals surface area contributed by atoms with Crippen LogP contribution in [0.4, 0.5) is 0 Å². The number of hydrogen-bond donors (Lipinski definition) is 2. The van der Waals surface area contributed by atoms with Crippen molar-refractivity contribution in [2.24, 2.45) is 0 Å². The quantitative estimate of drug-likeness (QED) is 0.728. The first kappa shape index (κ1) is 14.6. The molecule has 0 amide bonds. The van der Waals surface area contributed by atoms with E-state index in [1.165, 1.54) is 10.5 Å². The second-order valence-corrected chi connectivity index (χ2v) is 7.07. The summed E-state index contributed by atoms with van der Waals surface area (Å²) in [7, 11) is 2.16. The average molecular weight is 363 g/mol. The summed E-state index contributed by atoms with van der Waals surface area (Å²) in [6.07, 6.45) is 0. The van der Waals surface area contributed by atoms with Gasteiger partial charge in [0.2, 0.25) is 0 Å². The lowest BCUT2D eigenvalue weighted by Gasteiger charge is -2.16. The molecule has 0 saturated heterocycles. The number of nitrogens with one attached hydrogen (secondary N) is 1. The number of phenolic OH excluding ortho intramolecular Hbond substituents is 1. The Morgan fingerprint density at radius 3 is 2.76 bits per heavy atom. The second-order valence-electron chi connectivity index (χ2n) is 5.37. The number of quaternary nitrogens is 1. The van der Waals surface area contributed by atoms with Gasteiger partial charge in [0, 0.05) is 10.0 Å². The molecule has 0 spiro atoms. The molecule has 1 atom stereocenters. The van der Waals surface area contributed by atoms with E-state index in [0.29, 0.717) is 5.75 Å². The Bertz CT molecular complexity index is 755. The normalized spacial score (nSPS) is 12.7. The van der Waals surface area contributed by atoms with Crippen molar-refractivity contribution < 1.29 is 10.0 Å². The lowest BCUT2D eigenvalue weighted by atomic mass is 10.0. The van der Waals surface area contributed by atoms with Crippen LogP contribution in [-0.2, 0) is 13.1 Å².